The van der Waals surface area contributed by atoms with Gasteiger partial charge in [0.2, 0.25) is 0 Å². The molecular formula is C18H24O. The molecule has 0 aromatic heterocycles. The molecule has 1 aromatic rings. The third-order valence-electron chi connectivity index (χ3n) is 3.42. The van der Waals surface area contributed by atoms with Crippen LogP contribution in [0.4, 0.5) is 0 Å². The van der Waals surface area contributed by atoms with Crippen LogP contribution in [0.5, 0.6) is 0 Å². The predicted octanol–water partition coefficient (Wildman–Crippen LogP) is 4.87. The second-order valence-electron chi connectivity index (χ2n) is 5.01. The maximum Gasteiger partial charge on any atom is 0.177 e. The Morgan fingerprint density at radius 1 is 1.11 bits per heavy atom. The van der Waals surface area contributed by atoms with Gasteiger partial charge in [-0.25, -0.2) is 0 Å². The highest BCUT2D eigenvalue weighted by atomic mass is 16.1. The van der Waals surface area contributed by atoms with E-state index in [4.69, 9.17) is 6.42 Å². The van der Waals surface area contributed by atoms with Gasteiger partial charge in [0.1, 0.15) is 0 Å². The quantitative estimate of drug-likeness (QED) is 0.350. The average Bonchev–Trinajstić information content (AvgIpc) is 2.47. The first kappa shape index (κ1) is 15.5. The van der Waals surface area contributed by atoms with E-state index in [1.165, 1.54) is 32.1 Å². The van der Waals surface area contributed by atoms with Gasteiger partial charge in [-0.05, 0) is 6.42 Å². The molecule has 1 nitrogen and oxygen atoms in total. The first-order chi connectivity index (χ1) is 9.29. The second-order valence-corrected chi connectivity index (χ2v) is 5.01. The second kappa shape index (κ2) is 9.39. The van der Waals surface area contributed by atoms with Crippen LogP contribution in [0, 0.1) is 18.3 Å². The normalized spacial score (nSPS) is 11.8. The summed E-state index contributed by atoms with van der Waals surface area (Å²) in [4.78, 5) is 12.2. The van der Waals surface area contributed by atoms with E-state index in [0.717, 1.165) is 18.4 Å². The van der Waals surface area contributed by atoms with Crippen LogP contribution in [0.15, 0.2) is 30.3 Å². The highest BCUT2D eigenvalue weighted by Crippen LogP contribution is 2.16. The molecule has 1 heteroatoms. The summed E-state index contributed by atoms with van der Waals surface area (Å²) in [6.07, 6.45) is 13.7. The van der Waals surface area contributed by atoms with Crippen LogP contribution in [0.2, 0.25) is 0 Å². The molecule has 0 spiro atoms. The predicted molar refractivity (Wildman–Crippen MR) is 81.1 cm³/mol. The molecule has 102 valence electrons. The van der Waals surface area contributed by atoms with Gasteiger partial charge < -0.3 is 0 Å². The summed E-state index contributed by atoms with van der Waals surface area (Å²) in [6.45, 7) is 2.22. The van der Waals surface area contributed by atoms with Gasteiger partial charge in [-0.3, -0.25) is 4.79 Å². The summed E-state index contributed by atoms with van der Waals surface area (Å²) in [5, 5.41) is 0. The molecule has 0 aliphatic heterocycles. The molecule has 19 heavy (non-hydrogen) atoms. The topological polar surface area (TPSA) is 17.1 Å². The third kappa shape index (κ3) is 5.75. The number of ketones is 1. The summed E-state index contributed by atoms with van der Waals surface area (Å²) in [5.41, 5.74) is 0.733. The van der Waals surface area contributed by atoms with Gasteiger partial charge >= 0.3 is 0 Å². The number of carbonyl (C=O) groups is 1. The number of terminal acetylenes is 1. The molecule has 1 aromatic carbocycles. The zero-order valence-electron chi connectivity index (χ0n) is 11.9. The van der Waals surface area contributed by atoms with Crippen LogP contribution in [0.25, 0.3) is 0 Å². The number of hydrogen-bond acceptors (Lipinski definition) is 1. The molecule has 0 saturated heterocycles. The average molecular weight is 256 g/mol. The number of Topliss-reactive ketones (excluding diaryl/α,β-unsaturated/α-hetero) is 1. The summed E-state index contributed by atoms with van der Waals surface area (Å²) in [5.74, 6) is 2.49. The summed E-state index contributed by atoms with van der Waals surface area (Å²) >= 11 is 0. The lowest BCUT2D eigenvalue weighted by Gasteiger charge is -2.09. The zero-order valence-corrected chi connectivity index (χ0v) is 11.9. The van der Waals surface area contributed by atoms with Crippen LogP contribution in [0.3, 0.4) is 0 Å². The standard InChI is InChI=1S/C18H24O/c1-3-5-6-7-8-10-13-16(4-2)18(19)17-14-11-9-12-15-17/h2,9,11-12,14-16H,3,5-8,10,13H2,1H3. The molecule has 0 aliphatic carbocycles. The summed E-state index contributed by atoms with van der Waals surface area (Å²) in [7, 11) is 0. The first-order valence-electron chi connectivity index (χ1n) is 7.35. The largest absolute Gasteiger partial charge is 0.293 e. The van der Waals surface area contributed by atoms with Crippen molar-refractivity contribution < 1.29 is 4.79 Å². The minimum atomic E-state index is -0.256. The Balaban J connectivity index is 2.34. The monoisotopic (exact) mass is 256 g/mol. The van der Waals surface area contributed by atoms with Crippen molar-refractivity contribution in [3.63, 3.8) is 0 Å². The van der Waals surface area contributed by atoms with Crippen molar-refractivity contribution in [2.24, 2.45) is 5.92 Å². The van der Waals surface area contributed by atoms with Crippen LogP contribution < -0.4 is 0 Å². The molecule has 1 unspecified atom stereocenters. The number of carbonyl (C=O) groups excluding carboxylic acids is 1. The molecule has 0 fully saturated rings. The van der Waals surface area contributed by atoms with Crippen molar-refractivity contribution in [3.05, 3.63) is 35.9 Å². The maximum absolute atomic E-state index is 12.2. The Morgan fingerprint density at radius 2 is 1.74 bits per heavy atom. The van der Waals surface area contributed by atoms with Gasteiger partial charge in [0.15, 0.2) is 5.78 Å². The van der Waals surface area contributed by atoms with E-state index in [9.17, 15) is 4.79 Å². The minimum absolute atomic E-state index is 0.0941. The summed E-state index contributed by atoms with van der Waals surface area (Å²) in [6, 6.07) is 9.36. The number of benzene rings is 1. The van der Waals surface area contributed by atoms with E-state index in [0.29, 0.717) is 0 Å². The molecule has 0 heterocycles. The Labute approximate surface area is 117 Å². The number of hydrogen-bond donors (Lipinski definition) is 0. The van der Waals surface area contributed by atoms with Crippen molar-refractivity contribution in [2.75, 3.05) is 0 Å². The van der Waals surface area contributed by atoms with Crippen molar-refractivity contribution in [3.8, 4) is 12.3 Å². The van der Waals surface area contributed by atoms with Gasteiger partial charge in [0.25, 0.3) is 0 Å². The Bertz CT molecular complexity index is 399. The van der Waals surface area contributed by atoms with E-state index < -0.39 is 0 Å². The van der Waals surface area contributed by atoms with Crippen LogP contribution in [-0.4, -0.2) is 5.78 Å². The van der Waals surface area contributed by atoms with E-state index in [2.05, 4.69) is 12.8 Å². The molecule has 1 atom stereocenters. The van der Waals surface area contributed by atoms with Crippen molar-refractivity contribution in [2.45, 2.75) is 51.9 Å². The van der Waals surface area contributed by atoms with Gasteiger partial charge in [0.05, 0.1) is 5.92 Å². The fraction of sp³-hybridized carbons (Fsp3) is 0.500. The van der Waals surface area contributed by atoms with E-state index in [1.54, 1.807) is 0 Å². The molecule has 0 saturated carbocycles. The van der Waals surface area contributed by atoms with Gasteiger partial charge in [0, 0.05) is 5.56 Å². The Kier molecular flexibility index (Phi) is 7.66. The molecule has 0 bridgehead atoms. The molecular weight excluding hydrogens is 232 g/mol. The Hall–Kier alpha value is -1.55. The molecule has 1 rings (SSSR count). The van der Waals surface area contributed by atoms with Gasteiger partial charge in [-0.2, -0.15) is 0 Å². The van der Waals surface area contributed by atoms with Gasteiger partial charge in [-0.1, -0.05) is 81.7 Å². The van der Waals surface area contributed by atoms with E-state index >= 15 is 0 Å². The molecule has 0 N–H and O–H groups in total. The molecule has 0 radical (unpaired) electrons. The fourth-order valence-electron chi connectivity index (χ4n) is 2.22. The first-order valence-corrected chi connectivity index (χ1v) is 7.35. The van der Waals surface area contributed by atoms with Crippen molar-refractivity contribution >= 4 is 5.78 Å². The number of unbranched alkanes of at least 4 members (excludes halogenated alkanes) is 5. The van der Waals surface area contributed by atoms with E-state index in [1.807, 2.05) is 30.3 Å². The van der Waals surface area contributed by atoms with Crippen LogP contribution in [0.1, 0.15) is 62.2 Å². The van der Waals surface area contributed by atoms with Crippen LogP contribution >= 0.6 is 0 Å². The SMILES string of the molecule is C#CC(CCCCCCCC)C(=O)c1ccccc1. The van der Waals surface area contributed by atoms with Crippen LogP contribution in [-0.2, 0) is 0 Å². The molecule has 0 amide bonds. The Morgan fingerprint density at radius 3 is 2.37 bits per heavy atom. The smallest absolute Gasteiger partial charge is 0.177 e. The minimum Gasteiger partial charge on any atom is -0.293 e. The fourth-order valence-corrected chi connectivity index (χ4v) is 2.22. The third-order valence-corrected chi connectivity index (χ3v) is 3.42. The van der Waals surface area contributed by atoms with E-state index in [-0.39, 0.29) is 11.7 Å². The lowest BCUT2D eigenvalue weighted by molar-refractivity contribution is 0.0943. The zero-order chi connectivity index (χ0) is 13.9. The van der Waals surface area contributed by atoms with Gasteiger partial charge in [-0.15, -0.1) is 6.42 Å². The highest BCUT2D eigenvalue weighted by Gasteiger charge is 2.16. The van der Waals surface area contributed by atoms with Crippen molar-refractivity contribution in [1.82, 2.24) is 0 Å². The highest BCUT2D eigenvalue weighted by molar-refractivity contribution is 5.99. The maximum atomic E-state index is 12.2. The lowest BCUT2D eigenvalue weighted by atomic mass is 9.93. The lowest BCUT2D eigenvalue weighted by Crippen LogP contribution is -2.12. The molecule has 0 aliphatic rings. The number of rotatable bonds is 9. The summed E-state index contributed by atoms with van der Waals surface area (Å²) < 4.78 is 0. The van der Waals surface area contributed by atoms with Crippen molar-refractivity contribution in [1.29, 1.82) is 0 Å².